The highest BCUT2D eigenvalue weighted by atomic mass is 16.5. The first-order chi connectivity index (χ1) is 11.8. The number of hydrogen-bond donors (Lipinski definition) is 1. The van der Waals surface area contributed by atoms with Crippen LogP contribution in [0.2, 0.25) is 0 Å². The van der Waals surface area contributed by atoms with Crippen molar-refractivity contribution >= 4 is 5.91 Å². The Morgan fingerprint density at radius 1 is 1.12 bits per heavy atom. The minimum Gasteiger partial charge on any atom is -0.378 e. The highest BCUT2D eigenvalue weighted by Gasteiger charge is 2.22. The average Bonchev–Trinajstić information content (AvgIpc) is 3.34. The third kappa shape index (κ3) is 2.72. The van der Waals surface area contributed by atoms with Gasteiger partial charge < -0.3 is 19.2 Å². The number of carbonyl (C=O) groups excluding carboxylic acids is 1. The number of hydrogen-bond acceptors (Lipinski definition) is 3. The molecule has 6 nitrogen and oxygen atoms in total. The highest BCUT2D eigenvalue weighted by molar-refractivity contribution is 6.00. The number of benzene rings is 1. The minimum atomic E-state index is 0.0493. The number of morpholine rings is 1. The van der Waals surface area contributed by atoms with Crippen LogP contribution in [0.25, 0.3) is 16.8 Å². The molecule has 4 rings (SSSR count). The Balaban J connectivity index is 1.61. The second kappa shape index (κ2) is 6.33. The first-order valence-electron chi connectivity index (χ1n) is 7.95. The van der Waals surface area contributed by atoms with E-state index in [-0.39, 0.29) is 5.91 Å². The van der Waals surface area contributed by atoms with E-state index in [1.54, 1.807) is 18.7 Å². The standard InChI is InChI=1S/C18H18N4O2/c23-18(21-7-9-24-10-8-21)17-12-20-11-16(17)14-1-3-15(4-2-14)22-6-5-19-13-22/h1-6,11-13,20H,7-10H2. The maximum absolute atomic E-state index is 12.7. The summed E-state index contributed by atoms with van der Waals surface area (Å²) in [6.07, 6.45) is 9.06. The average molecular weight is 322 g/mol. The molecule has 3 heterocycles. The Bertz CT molecular complexity index is 815. The maximum Gasteiger partial charge on any atom is 0.256 e. The van der Waals surface area contributed by atoms with Crippen LogP contribution in [0.1, 0.15) is 10.4 Å². The molecule has 6 heteroatoms. The summed E-state index contributed by atoms with van der Waals surface area (Å²) in [6, 6.07) is 8.09. The minimum absolute atomic E-state index is 0.0493. The summed E-state index contributed by atoms with van der Waals surface area (Å²) in [5.74, 6) is 0.0493. The van der Waals surface area contributed by atoms with Gasteiger partial charge in [-0.05, 0) is 17.7 Å². The number of carbonyl (C=O) groups is 1. The fourth-order valence-electron chi connectivity index (χ4n) is 2.94. The van der Waals surface area contributed by atoms with Gasteiger partial charge in [0.25, 0.3) is 5.91 Å². The van der Waals surface area contributed by atoms with Gasteiger partial charge in [0.2, 0.25) is 0 Å². The molecule has 122 valence electrons. The normalized spacial score (nSPS) is 14.8. The molecule has 1 saturated heterocycles. The lowest BCUT2D eigenvalue weighted by Gasteiger charge is -2.26. The summed E-state index contributed by atoms with van der Waals surface area (Å²) in [5.41, 5.74) is 3.67. The first kappa shape index (κ1) is 14.7. The molecule has 1 aliphatic heterocycles. The van der Waals surface area contributed by atoms with Gasteiger partial charge in [0.05, 0.1) is 25.1 Å². The lowest BCUT2D eigenvalue weighted by Crippen LogP contribution is -2.40. The van der Waals surface area contributed by atoms with Crippen LogP contribution < -0.4 is 0 Å². The number of H-pyrrole nitrogens is 1. The lowest BCUT2D eigenvalue weighted by molar-refractivity contribution is 0.0303. The number of nitrogens with zero attached hydrogens (tertiary/aromatic N) is 3. The summed E-state index contributed by atoms with van der Waals surface area (Å²) >= 11 is 0. The van der Waals surface area contributed by atoms with Crippen molar-refractivity contribution < 1.29 is 9.53 Å². The van der Waals surface area contributed by atoms with E-state index in [4.69, 9.17) is 4.74 Å². The molecule has 0 atom stereocenters. The zero-order valence-corrected chi connectivity index (χ0v) is 13.2. The molecule has 1 amide bonds. The highest BCUT2D eigenvalue weighted by Crippen LogP contribution is 2.26. The lowest BCUT2D eigenvalue weighted by atomic mass is 10.0. The largest absolute Gasteiger partial charge is 0.378 e. The molecule has 3 aromatic rings. The fourth-order valence-corrected chi connectivity index (χ4v) is 2.94. The van der Waals surface area contributed by atoms with E-state index in [1.807, 2.05) is 46.1 Å². The Kier molecular flexibility index (Phi) is 3.88. The predicted octanol–water partition coefficient (Wildman–Crippen LogP) is 2.34. The molecule has 1 aromatic carbocycles. The predicted molar refractivity (Wildman–Crippen MR) is 90.1 cm³/mol. The van der Waals surface area contributed by atoms with Gasteiger partial charge >= 0.3 is 0 Å². The summed E-state index contributed by atoms with van der Waals surface area (Å²) in [6.45, 7) is 2.49. The third-order valence-corrected chi connectivity index (χ3v) is 4.26. The van der Waals surface area contributed by atoms with Gasteiger partial charge in [-0.3, -0.25) is 4.79 Å². The zero-order valence-electron chi connectivity index (χ0n) is 13.2. The molecule has 1 N–H and O–H groups in total. The molecule has 0 radical (unpaired) electrons. The monoisotopic (exact) mass is 322 g/mol. The first-order valence-corrected chi connectivity index (χ1v) is 7.95. The maximum atomic E-state index is 12.7. The second-order valence-corrected chi connectivity index (χ2v) is 5.70. The molecule has 1 fully saturated rings. The number of nitrogens with one attached hydrogen (secondary N) is 1. The van der Waals surface area contributed by atoms with Crippen molar-refractivity contribution in [2.75, 3.05) is 26.3 Å². The summed E-state index contributed by atoms with van der Waals surface area (Å²) in [4.78, 5) is 21.7. The third-order valence-electron chi connectivity index (χ3n) is 4.26. The Morgan fingerprint density at radius 2 is 1.92 bits per heavy atom. The van der Waals surface area contributed by atoms with Gasteiger partial charge in [-0.2, -0.15) is 0 Å². The molecule has 24 heavy (non-hydrogen) atoms. The van der Waals surface area contributed by atoms with Crippen LogP contribution in [0.15, 0.2) is 55.4 Å². The van der Waals surface area contributed by atoms with Gasteiger partial charge in [0.15, 0.2) is 0 Å². The van der Waals surface area contributed by atoms with Crippen LogP contribution in [0.5, 0.6) is 0 Å². The van der Waals surface area contributed by atoms with Crippen LogP contribution in [0, 0.1) is 0 Å². The molecule has 0 unspecified atom stereocenters. The number of ether oxygens (including phenoxy) is 1. The molecule has 0 bridgehead atoms. The molecule has 0 saturated carbocycles. The smallest absolute Gasteiger partial charge is 0.256 e. The van der Waals surface area contributed by atoms with Crippen molar-refractivity contribution in [2.45, 2.75) is 0 Å². The van der Waals surface area contributed by atoms with E-state index < -0.39 is 0 Å². The quantitative estimate of drug-likeness (QED) is 0.805. The van der Waals surface area contributed by atoms with Crippen LogP contribution in [-0.4, -0.2) is 51.6 Å². The number of imidazole rings is 1. The van der Waals surface area contributed by atoms with E-state index in [0.717, 1.165) is 16.8 Å². The molecule has 2 aromatic heterocycles. The van der Waals surface area contributed by atoms with E-state index in [9.17, 15) is 4.79 Å². The van der Waals surface area contributed by atoms with E-state index in [0.29, 0.717) is 31.9 Å². The van der Waals surface area contributed by atoms with Crippen molar-refractivity contribution in [1.29, 1.82) is 0 Å². The van der Waals surface area contributed by atoms with Crippen molar-refractivity contribution in [3.63, 3.8) is 0 Å². The molecule has 1 aliphatic rings. The second-order valence-electron chi connectivity index (χ2n) is 5.70. The molecule has 0 aliphatic carbocycles. The van der Waals surface area contributed by atoms with Crippen molar-refractivity contribution in [1.82, 2.24) is 19.4 Å². The topological polar surface area (TPSA) is 63.2 Å². The summed E-state index contributed by atoms with van der Waals surface area (Å²) < 4.78 is 7.27. The van der Waals surface area contributed by atoms with Gasteiger partial charge in [0.1, 0.15) is 0 Å². The Labute approximate surface area is 139 Å². The zero-order chi connectivity index (χ0) is 16.4. The van der Waals surface area contributed by atoms with E-state index in [2.05, 4.69) is 9.97 Å². The Hall–Kier alpha value is -2.86. The summed E-state index contributed by atoms with van der Waals surface area (Å²) in [5, 5.41) is 0. The fraction of sp³-hybridized carbons (Fsp3) is 0.222. The molecule has 0 spiro atoms. The summed E-state index contributed by atoms with van der Waals surface area (Å²) in [7, 11) is 0. The Morgan fingerprint density at radius 3 is 2.62 bits per heavy atom. The van der Waals surface area contributed by atoms with Gasteiger partial charge in [-0.25, -0.2) is 4.98 Å². The molecular formula is C18H18N4O2. The number of rotatable bonds is 3. The van der Waals surface area contributed by atoms with Gasteiger partial charge in [-0.1, -0.05) is 12.1 Å². The van der Waals surface area contributed by atoms with Crippen LogP contribution >= 0.6 is 0 Å². The van der Waals surface area contributed by atoms with Crippen LogP contribution in [0.4, 0.5) is 0 Å². The number of aromatic amines is 1. The van der Waals surface area contributed by atoms with Crippen LogP contribution in [-0.2, 0) is 4.74 Å². The van der Waals surface area contributed by atoms with Crippen LogP contribution in [0.3, 0.4) is 0 Å². The van der Waals surface area contributed by atoms with Crippen molar-refractivity contribution in [3.05, 3.63) is 60.9 Å². The van der Waals surface area contributed by atoms with Crippen molar-refractivity contribution in [3.8, 4) is 16.8 Å². The van der Waals surface area contributed by atoms with Gasteiger partial charge in [-0.15, -0.1) is 0 Å². The SMILES string of the molecule is O=C(c1c[nH]cc1-c1ccc(-n2ccnc2)cc1)N1CCOCC1. The van der Waals surface area contributed by atoms with Gasteiger partial charge in [0, 0.05) is 49.1 Å². The molecular weight excluding hydrogens is 304 g/mol. The van der Waals surface area contributed by atoms with Crippen molar-refractivity contribution in [2.24, 2.45) is 0 Å². The number of amides is 1. The number of aromatic nitrogens is 3. The van der Waals surface area contributed by atoms with E-state index >= 15 is 0 Å². The van der Waals surface area contributed by atoms with E-state index in [1.165, 1.54) is 0 Å².